The van der Waals surface area contributed by atoms with Crippen molar-refractivity contribution in [3.05, 3.63) is 95.8 Å². The summed E-state index contributed by atoms with van der Waals surface area (Å²) < 4.78 is 4.15. The Morgan fingerprint density at radius 2 is 1.33 bits per heavy atom. The zero-order chi connectivity index (χ0) is 18.1. The molecule has 1 heterocycles. The predicted octanol–water partition coefficient (Wildman–Crippen LogP) is 1.75. The second-order valence-corrected chi connectivity index (χ2v) is 6.70. The molecule has 0 bridgehead atoms. The molecule has 136 valence electrons. The fourth-order valence-corrected chi connectivity index (χ4v) is 3.55. The first-order chi connectivity index (χ1) is 12.6. The van der Waals surface area contributed by atoms with E-state index < -0.39 is 0 Å². The summed E-state index contributed by atoms with van der Waals surface area (Å²) in [6.07, 6.45) is 2.07. The van der Waals surface area contributed by atoms with Crippen molar-refractivity contribution in [2.75, 3.05) is 0 Å². The number of aryl methyl sites for hydroxylation is 3. The van der Waals surface area contributed by atoms with Crippen molar-refractivity contribution in [1.82, 2.24) is 9.78 Å². The highest BCUT2D eigenvalue weighted by atomic mass is 35.5. The first kappa shape index (κ1) is 18.9. The first-order valence-corrected chi connectivity index (χ1v) is 8.84. The number of hydrogen-bond acceptors (Lipinski definition) is 1. The van der Waals surface area contributed by atoms with Gasteiger partial charge in [0.15, 0.2) is 0 Å². The van der Waals surface area contributed by atoms with Crippen LogP contribution in [0.2, 0.25) is 0 Å². The van der Waals surface area contributed by atoms with E-state index in [2.05, 4.69) is 80.2 Å². The lowest BCUT2D eigenvalue weighted by Gasteiger charge is -2.09. The lowest BCUT2D eigenvalue weighted by atomic mass is 10.0. The average Bonchev–Trinajstić information content (AvgIpc) is 3.07. The summed E-state index contributed by atoms with van der Waals surface area (Å²) in [5.41, 5.74) is 7.11. The van der Waals surface area contributed by atoms with Gasteiger partial charge in [-0.05, 0) is 56.2 Å². The highest BCUT2D eigenvalue weighted by molar-refractivity contribution is 5.54. The molecule has 3 nitrogen and oxygen atoms in total. The quantitative estimate of drug-likeness (QED) is 0.500. The number of rotatable bonds is 3. The molecule has 0 radical (unpaired) electrons. The molecule has 27 heavy (non-hydrogen) atoms. The third-order valence-electron chi connectivity index (χ3n) is 4.58. The molecular weight excluding hydrogens is 354 g/mol. The van der Waals surface area contributed by atoms with Crippen molar-refractivity contribution >= 4 is 0 Å². The fraction of sp³-hybridized carbons (Fsp3) is 0.130. The van der Waals surface area contributed by atoms with Crippen molar-refractivity contribution in [3.63, 3.8) is 0 Å². The molecule has 0 amide bonds. The van der Waals surface area contributed by atoms with E-state index in [-0.39, 0.29) is 12.4 Å². The minimum Gasteiger partial charge on any atom is -1.00 e. The molecule has 0 saturated heterocycles. The van der Waals surface area contributed by atoms with Gasteiger partial charge in [0.1, 0.15) is 11.4 Å². The molecule has 4 aromatic rings. The summed E-state index contributed by atoms with van der Waals surface area (Å²) in [6, 6.07) is 25.0. The highest BCUT2D eigenvalue weighted by Gasteiger charge is 2.23. The van der Waals surface area contributed by atoms with Crippen LogP contribution in [0.4, 0.5) is 0 Å². The number of halogens is 1. The van der Waals surface area contributed by atoms with E-state index in [0.29, 0.717) is 0 Å². The summed E-state index contributed by atoms with van der Waals surface area (Å²) in [7, 11) is 0. The molecule has 0 spiro atoms. The van der Waals surface area contributed by atoms with Gasteiger partial charge in [-0.15, -0.1) is 0 Å². The Balaban J connectivity index is 0.00000210. The largest absolute Gasteiger partial charge is 1.00 e. The van der Waals surface area contributed by atoms with Gasteiger partial charge in [-0.25, -0.2) is 0 Å². The van der Waals surface area contributed by atoms with Crippen molar-refractivity contribution in [1.29, 1.82) is 0 Å². The smallest absolute Gasteiger partial charge is 0.314 e. The number of nitrogens with zero attached hydrogens (tertiary/aromatic N) is 3. The van der Waals surface area contributed by atoms with Crippen LogP contribution in [-0.2, 0) is 0 Å². The second kappa shape index (κ2) is 7.77. The third-order valence-corrected chi connectivity index (χ3v) is 4.58. The van der Waals surface area contributed by atoms with Crippen molar-refractivity contribution in [2.45, 2.75) is 20.8 Å². The maximum absolute atomic E-state index is 4.91. The van der Waals surface area contributed by atoms with Crippen LogP contribution in [-0.4, -0.2) is 9.78 Å². The fourth-order valence-electron chi connectivity index (χ4n) is 3.55. The summed E-state index contributed by atoms with van der Waals surface area (Å²) >= 11 is 0. The number of hydrogen-bond donors (Lipinski definition) is 0. The Labute approximate surface area is 166 Å². The van der Waals surface area contributed by atoms with Gasteiger partial charge in [0, 0.05) is 0 Å². The molecule has 1 aromatic heterocycles. The molecule has 0 atom stereocenters. The average molecular weight is 376 g/mol. The third kappa shape index (κ3) is 3.64. The summed E-state index contributed by atoms with van der Waals surface area (Å²) in [4.78, 5) is 0. The van der Waals surface area contributed by atoms with Crippen LogP contribution in [0.3, 0.4) is 0 Å². The molecule has 3 aromatic carbocycles. The van der Waals surface area contributed by atoms with Gasteiger partial charge in [0.2, 0.25) is 6.33 Å². The Hall–Kier alpha value is -2.91. The Morgan fingerprint density at radius 1 is 0.778 bits per heavy atom. The van der Waals surface area contributed by atoms with Crippen LogP contribution in [0.15, 0.2) is 79.1 Å². The first-order valence-electron chi connectivity index (χ1n) is 8.84. The monoisotopic (exact) mass is 375 g/mol. The van der Waals surface area contributed by atoms with E-state index in [1.165, 1.54) is 22.4 Å². The van der Waals surface area contributed by atoms with Crippen LogP contribution in [0.1, 0.15) is 16.7 Å². The molecule has 0 saturated carbocycles. The molecule has 4 heteroatoms. The maximum atomic E-state index is 4.91. The standard InChI is InChI=1S/C23H22N3.ClH/c1-17-14-18(2)22(19(3)15-17)25-16-26(21-12-8-5-9-13-21)24-23(25)20-10-6-4-7-11-20;/h4-16H,1-3H3;1H/q+1;/p-1. The summed E-state index contributed by atoms with van der Waals surface area (Å²) in [5.74, 6) is 0.935. The van der Waals surface area contributed by atoms with Gasteiger partial charge < -0.3 is 12.4 Å². The van der Waals surface area contributed by atoms with Gasteiger partial charge >= 0.3 is 5.82 Å². The van der Waals surface area contributed by atoms with Crippen molar-refractivity contribution in [2.24, 2.45) is 0 Å². The Kier molecular flexibility index (Phi) is 5.43. The van der Waals surface area contributed by atoms with Gasteiger partial charge in [0.05, 0.1) is 10.7 Å². The topological polar surface area (TPSA) is 21.7 Å². The normalized spacial score (nSPS) is 10.5. The zero-order valence-electron chi connectivity index (χ0n) is 15.7. The molecule has 0 N–H and O–H groups in total. The predicted molar refractivity (Wildman–Crippen MR) is 105 cm³/mol. The second-order valence-electron chi connectivity index (χ2n) is 6.70. The maximum Gasteiger partial charge on any atom is 0.314 e. The minimum atomic E-state index is 0. The number of benzene rings is 3. The molecular formula is C23H22ClN3. The van der Waals surface area contributed by atoms with Crippen molar-refractivity contribution in [3.8, 4) is 22.8 Å². The van der Waals surface area contributed by atoms with E-state index in [9.17, 15) is 0 Å². The van der Waals surface area contributed by atoms with E-state index >= 15 is 0 Å². The minimum absolute atomic E-state index is 0. The van der Waals surface area contributed by atoms with E-state index in [0.717, 1.165) is 17.1 Å². The Bertz CT molecular complexity index is 1030. The van der Waals surface area contributed by atoms with Crippen LogP contribution >= 0.6 is 0 Å². The molecule has 0 fully saturated rings. The molecule has 0 aliphatic rings. The highest BCUT2D eigenvalue weighted by Crippen LogP contribution is 2.21. The molecule has 0 unspecified atom stereocenters. The number of para-hydroxylation sites is 1. The van der Waals surface area contributed by atoms with Gasteiger partial charge in [-0.2, -0.15) is 4.57 Å². The molecule has 0 aliphatic heterocycles. The van der Waals surface area contributed by atoms with Gasteiger partial charge in [-0.1, -0.05) is 58.8 Å². The van der Waals surface area contributed by atoms with Gasteiger partial charge in [-0.3, -0.25) is 0 Å². The molecule has 4 rings (SSSR count). The zero-order valence-corrected chi connectivity index (χ0v) is 16.5. The SMILES string of the molecule is Cc1cc(C)c(-[n+]2cn(-c3ccccc3)nc2-c2ccccc2)c(C)c1.[Cl-]. The van der Waals surface area contributed by atoms with E-state index in [1.54, 1.807) is 0 Å². The summed E-state index contributed by atoms with van der Waals surface area (Å²) in [5, 5.41) is 4.91. The lowest BCUT2D eigenvalue weighted by Crippen LogP contribution is -3.00. The van der Waals surface area contributed by atoms with Crippen LogP contribution in [0, 0.1) is 20.8 Å². The van der Waals surface area contributed by atoms with Crippen LogP contribution < -0.4 is 17.0 Å². The van der Waals surface area contributed by atoms with Crippen molar-refractivity contribution < 1.29 is 17.0 Å². The van der Waals surface area contributed by atoms with Gasteiger partial charge in [0.25, 0.3) is 0 Å². The molecule has 0 aliphatic carbocycles. The van der Waals surface area contributed by atoms with Crippen LogP contribution in [0.25, 0.3) is 22.8 Å². The number of aromatic nitrogens is 3. The van der Waals surface area contributed by atoms with Crippen LogP contribution in [0.5, 0.6) is 0 Å². The Morgan fingerprint density at radius 3 is 1.93 bits per heavy atom. The van der Waals surface area contributed by atoms with E-state index in [1.807, 2.05) is 28.9 Å². The van der Waals surface area contributed by atoms with E-state index in [4.69, 9.17) is 5.10 Å². The summed E-state index contributed by atoms with van der Waals surface area (Å²) in [6.45, 7) is 6.47. The lowest BCUT2D eigenvalue weighted by molar-refractivity contribution is -0.585.